The number of anilines is 1. The first-order valence-electron chi connectivity index (χ1n) is 5.15. The van der Waals surface area contributed by atoms with Crippen molar-refractivity contribution in [3.63, 3.8) is 0 Å². The number of nitrogens with one attached hydrogen (secondary N) is 1. The molecule has 3 N–H and O–H groups in total. The van der Waals surface area contributed by atoms with Gasteiger partial charge in [-0.15, -0.1) is 0 Å². The molecule has 0 bridgehead atoms. The number of rotatable bonds is 4. The third-order valence-corrected chi connectivity index (χ3v) is 2.43. The van der Waals surface area contributed by atoms with Crippen molar-refractivity contribution in [2.24, 2.45) is 0 Å². The molecule has 0 unspecified atom stereocenters. The third kappa shape index (κ3) is 2.51. The van der Waals surface area contributed by atoms with Crippen LogP contribution in [0.15, 0.2) is 36.5 Å². The van der Waals surface area contributed by atoms with E-state index < -0.39 is 18.6 Å². The number of pyridine rings is 1. The first-order chi connectivity index (χ1) is 8.20. The molecule has 2 aromatic rings. The van der Waals surface area contributed by atoms with E-state index in [2.05, 4.69) is 10.3 Å². The summed E-state index contributed by atoms with van der Waals surface area (Å²) in [5.41, 5.74) is 1.40. The van der Waals surface area contributed by atoms with Crippen LogP contribution < -0.4 is 5.32 Å². The average Bonchev–Trinajstić information content (AvgIpc) is 2.35. The summed E-state index contributed by atoms with van der Waals surface area (Å²) >= 11 is 0. The number of carboxylic acid groups (broad SMARTS) is 1. The fraction of sp³-hybridized carbons (Fsp3) is 0.167. The molecule has 0 fully saturated rings. The van der Waals surface area contributed by atoms with Gasteiger partial charge in [-0.05, 0) is 18.2 Å². The number of nitrogens with zero attached hydrogens (tertiary/aromatic N) is 1. The number of carboxylic acids is 1. The van der Waals surface area contributed by atoms with Gasteiger partial charge in [-0.2, -0.15) is 0 Å². The molecule has 1 heterocycles. The van der Waals surface area contributed by atoms with Gasteiger partial charge in [0, 0.05) is 17.3 Å². The van der Waals surface area contributed by atoms with Crippen molar-refractivity contribution in [1.29, 1.82) is 0 Å². The number of aliphatic hydroxyl groups excluding tert-OH is 1. The second-order valence-electron chi connectivity index (χ2n) is 3.63. The molecule has 0 radical (unpaired) electrons. The fourth-order valence-electron chi connectivity index (χ4n) is 1.54. The van der Waals surface area contributed by atoms with Gasteiger partial charge in [0.1, 0.15) is 6.04 Å². The van der Waals surface area contributed by atoms with E-state index in [4.69, 9.17) is 10.2 Å². The molecular weight excluding hydrogens is 220 g/mol. The van der Waals surface area contributed by atoms with E-state index in [1.54, 1.807) is 18.3 Å². The maximum atomic E-state index is 10.8. The van der Waals surface area contributed by atoms with Crippen LogP contribution in [0.3, 0.4) is 0 Å². The molecule has 5 nitrogen and oxygen atoms in total. The number of hydrogen-bond acceptors (Lipinski definition) is 4. The van der Waals surface area contributed by atoms with Crippen LogP contribution in [-0.4, -0.2) is 33.8 Å². The minimum Gasteiger partial charge on any atom is -0.480 e. The first kappa shape index (κ1) is 11.3. The Bertz CT molecular complexity index is 542. The van der Waals surface area contributed by atoms with Gasteiger partial charge < -0.3 is 15.5 Å². The van der Waals surface area contributed by atoms with Gasteiger partial charge in [0.2, 0.25) is 0 Å². The van der Waals surface area contributed by atoms with E-state index in [0.717, 1.165) is 10.9 Å². The lowest BCUT2D eigenvalue weighted by Crippen LogP contribution is -2.32. The van der Waals surface area contributed by atoms with Crippen LogP contribution in [0.4, 0.5) is 5.69 Å². The van der Waals surface area contributed by atoms with Crippen molar-refractivity contribution >= 4 is 22.6 Å². The normalized spacial score (nSPS) is 12.3. The van der Waals surface area contributed by atoms with Crippen LogP contribution >= 0.6 is 0 Å². The Hall–Kier alpha value is -2.14. The first-order valence-corrected chi connectivity index (χ1v) is 5.15. The van der Waals surface area contributed by atoms with Gasteiger partial charge in [-0.25, -0.2) is 4.79 Å². The highest BCUT2D eigenvalue weighted by Gasteiger charge is 2.15. The topological polar surface area (TPSA) is 82.5 Å². The maximum absolute atomic E-state index is 10.8. The summed E-state index contributed by atoms with van der Waals surface area (Å²) in [7, 11) is 0. The number of aromatic nitrogens is 1. The van der Waals surface area contributed by atoms with Gasteiger partial charge in [-0.3, -0.25) is 4.98 Å². The molecule has 88 valence electrons. The molecule has 1 aromatic carbocycles. The molecule has 1 atom stereocenters. The Balaban J connectivity index is 2.27. The van der Waals surface area contributed by atoms with Crippen LogP contribution in [0.1, 0.15) is 0 Å². The summed E-state index contributed by atoms with van der Waals surface area (Å²) in [5, 5.41) is 21.4. The number of carbonyl (C=O) groups is 1. The highest BCUT2D eigenvalue weighted by Crippen LogP contribution is 2.17. The second-order valence-corrected chi connectivity index (χ2v) is 3.63. The summed E-state index contributed by atoms with van der Waals surface area (Å²) in [6, 6.07) is 8.12. The molecular formula is C12H12N2O3. The Morgan fingerprint density at radius 2 is 2.24 bits per heavy atom. The van der Waals surface area contributed by atoms with Crippen molar-refractivity contribution in [3.8, 4) is 0 Å². The molecule has 1 aromatic heterocycles. The Kier molecular flexibility index (Phi) is 3.20. The van der Waals surface area contributed by atoms with Gasteiger partial charge in [0.25, 0.3) is 0 Å². The lowest BCUT2D eigenvalue weighted by atomic mass is 10.2. The summed E-state index contributed by atoms with van der Waals surface area (Å²) < 4.78 is 0. The lowest BCUT2D eigenvalue weighted by molar-refractivity contribution is -0.138. The van der Waals surface area contributed by atoms with Crippen molar-refractivity contribution in [3.05, 3.63) is 36.5 Å². The minimum atomic E-state index is -1.09. The van der Waals surface area contributed by atoms with E-state index in [9.17, 15) is 4.79 Å². The van der Waals surface area contributed by atoms with Crippen molar-refractivity contribution in [2.75, 3.05) is 11.9 Å². The van der Waals surface area contributed by atoms with Gasteiger partial charge >= 0.3 is 5.97 Å². The molecule has 0 spiro atoms. The Morgan fingerprint density at radius 3 is 2.94 bits per heavy atom. The predicted octanol–water partition coefficient (Wildman–Crippen LogP) is 1.09. The number of aliphatic carboxylic acids is 1. The second kappa shape index (κ2) is 4.80. The average molecular weight is 232 g/mol. The number of hydrogen-bond donors (Lipinski definition) is 3. The monoisotopic (exact) mass is 232 g/mol. The maximum Gasteiger partial charge on any atom is 0.328 e. The standard InChI is InChI=1S/C12H12N2O3/c15-7-11(12(16)17)14-9-4-3-8-2-1-5-13-10(8)6-9/h1-6,11,14-15H,7H2,(H,16,17)/t11-/m0/s1. The van der Waals surface area contributed by atoms with Crippen molar-refractivity contribution in [2.45, 2.75) is 6.04 Å². The van der Waals surface area contributed by atoms with E-state index >= 15 is 0 Å². The number of fused-ring (bicyclic) bond motifs is 1. The zero-order valence-electron chi connectivity index (χ0n) is 9.00. The van der Waals surface area contributed by atoms with E-state index in [0.29, 0.717) is 5.69 Å². The SMILES string of the molecule is O=C(O)[C@H](CO)Nc1ccc2cccnc2c1. The lowest BCUT2D eigenvalue weighted by Gasteiger charge is -2.13. The Morgan fingerprint density at radius 1 is 1.41 bits per heavy atom. The fourth-order valence-corrected chi connectivity index (χ4v) is 1.54. The quantitative estimate of drug-likeness (QED) is 0.735. The zero-order chi connectivity index (χ0) is 12.3. The molecule has 0 amide bonds. The van der Waals surface area contributed by atoms with Gasteiger partial charge in [0.05, 0.1) is 12.1 Å². The van der Waals surface area contributed by atoms with Crippen LogP contribution in [-0.2, 0) is 4.79 Å². The molecule has 5 heteroatoms. The summed E-state index contributed by atoms with van der Waals surface area (Å²) in [6.45, 7) is -0.463. The van der Waals surface area contributed by atoms with E-state index in [1.165, 1.54) is 0 Å². The van der Waals surface area contributed by atoms with E-state index in [-0.39, 0.29) is 0 Å². The van der Waals surface area contributed by atoms with Crippen molar-refractivity contribution in [1.82, 2.24) is 4.98 Å². The molecule has 0 saturated heterocycles. The molecule has 0 saturated carbocycles. The zero-order valence-corrected chi connectivity index (χ0v) is 9.00. The summed E-state index contributed by atoms with van der Waals surface area (Å²) in [5.74, 6) is -1.09. The van der Waals surface area contributed by atoms with Gasteiger partial charge in [0.15, 0.2) is 0 Å². The summed E-state index contributed by atoms with van der Waals surface area (Å²) in [6.07, 6.45) is 1.67. The molecule has 2 rings (SSSR count). The number of aliphatic hydroxyl groups is 1. The van der Waals surface area contributed by atoms with Crippen molar-refractivity contribution < 1.29 is 15.0 Å². The van der Waals surface area contributed by atoms with E-state index in [1.807, 2.05) is 18.2 Å². The highest BCUT2D eigenvalue weighted by atomic mass is 16.4. The summed E-state index contributed by atoms with van der Waals surface area (Å²) in [4.78, 5) is 14.9. The Labute approximate surface area is 97.7 Å². The van der Waals surface area contributed by atoms with Gasteiger partial charge in [-0.1, -0.05) is 12.1 Å². The van der Waals surface area contributed by atoms with Crippen LogP contribution in [0.5, 0.6) is 0 Å². The molecule has 17 heavy (non-hydrogen) atoms. The minimum absolute atomic E-state index is 0.463. The molecule has 0 aliphatic carbocycles. The van der Waals surface area contributed by atoms with Crippen LogP contribution in [0.2, 0.25) is 0 Å². The highest BCUT2D eigenvalue weighted by molar-refractivity contribution is 5.83. The number of benzene rings is 1. The van der Waals surface area contributed by atoms with Crippen LogP contribution in [0.25, 0.3) is 10.9 Å². The largest absolute Gasteiger partial charge is 0.480 e. The molecule has 0 aliphatic heterocycles. The smallest absolute Gasteiger partial charge is 0.328 e. The third-order valence-electron chi connectivity index (χ3n) is 2.43. The van der Waals surface area contributed by atoms with Crippen LogP contribution in [0, 0.1) is 0 Å². The molecule has 0 aliphatic rings. The predicted molar refractivity (Wildman–Crippen MR) is 63.9 cm³/mol.